The van der Waals surface area contributed by atoms with Crippen LogP contribution in [0.15, 0.2) is 36.5 Å². The van der Waals surface area contributed by atoms with Crippen LogP contribution >= 0.6 is 0 Å². The van der Waals surface area contributed by atoms with E-state index in [0.29, 0.717) is 17.9 Å². The van der Waals surface area contributed by atoms with Gasteiger partial charge >= 0.3 is 0 Å². The molecule has 0 aliphatic carbocycles. The summed E-state index contributed by atoms with van der Waals surface area (Å²) in [6, 6.07) is 8.61. The molecular weight excluding hydrogens is 372 g/mol. The van der Waals surface area contributed by atoms with Gasteiger partial charge in [-0.2, -0.15) is 0 Å². The van der Waals surface area contributed by atoms with Crippen molar-refractivity contribution in [3.8, 4) is 11.5 Å². The Morgan fingerprint density at radius 1 is 1.17 bits per heavy atom. The number of hydrogen-bond acceptors (Lipinski definition) is 5. The molecule has 3 aliphatic rings. The monoisotopic (exact) mass is 390 g/mol. The van der Waals surface area contributed by atoms with E-state index in [-0.39, 0.29) is 25.2 Å². The number of pyridine rings is 1. The molecule has 1 fully saturated rings. The minimum atomic E-state index is -0.539. The molecule has 3 aromatic rings. The van der Waals surface area contributed by atoms with Gasteiger partial charge in [-0.1, -0.05) is 6.07 Å². The van der Waals surface area contributed by atoms with Crippen LogP contribution in [-0.4, -0.2) is 58.0 Å². The fourth-order valence-electron chi connectivity index (χ4n) is 4.71. The van der Waals surface area contributed by atoms with Crippen LogP contribution in [-0.2, 0) is 16.0 Å². The number of amides is 2. The summed E-state index contributed by atoms with van der Waals surface area (Å²) >= 11 is 0. The molecule has 0 spiro atoms. The number of carbonyl (C=O) groups is 2. The first-order valence-corrected chi connectivity index (χ1v) is 9.53. The number of carbonyl (C=O) groups excluding carboxylic acids is 2. The normalized spacial score (nSPS) is 22.8. The van der Waals surface area contributed by atoms with Crippen molar-refractivity contribution < 1.29 is 19.1 Å². The number of aromatic nitrogens is 2. The molecule has 146 valence electrons. The van der Waals surface area contributed by atoms with Gasteiger partial charge in [-0.05, 0) is 35.4 Å². The van der Waals surface area contributed by atoms with E-state index in [2.05, 4.69) is 9.97 Å². The molecule has 1 aromatic carbocycles. The summed E-state index contributed by atoms with van der Waals surface area (Å²) in [6.45, 7) is 0.254. The van der Waals surface area contributed by atoms with Gasteiger partial charge in [0.2, 0.25) is 18.6 Å². The smallest absolute Gasteiger partial charge is 0.245 e. The zero-order valence-corrected chi connectivity index (χ0v) is 15.7. The highest BCUT2D eigenvalue weighted by molar-refractivity contribution is 5.97. The standard InChI is InChI=1S/C21H18N4O4/c1-24-9-17(26)25-14(21(24)27)8-13-12-3-2-6-22-20(12)23-18(13)19(25)11-4-5-15-16(7-11)29-10-28-15/h2-7,14,19H,8-10H2,1H3,(H,22,23)/t14-,19-/m1/s1. The molecule has 2 amide bonds. The van der Waals surface area contributed by atoms with Gasteiger partial charge in [0, 0.05) is 30.7 Å². The molecule has 29 heavy (non-hydrogen) atoms. The lowest BCUT2D eigenvalue weighted by Crippen LogP contribution is -2.62. The molecule has 0 saturated carbocycles. The molecule has 1 saturated heterocycles. The fourth-order valence-corrected chi connectivity index (χ4v) is 4.71. The van der Waals surface area contributed by atoms with Crippen LogP contribution < -0.4 is 9.47 Å². The summed E-state index contributed by atoms with van der Waals surface area (Å²) in [5.41, 5.74) is 3.57. The van der Waals surface area contributed by atoms with Gasteiger partial charge in [0.15, 0.2) is 11.5 Å². The van der Waals surface area contributed by atoms with Crippen LogP contribution in [0.1, 0.15) is 22.9 Å². The highest BCUT2D eigenvalue weighted by Crippen LogP contribution is 2.44. The minimum absolute atomic E-state index is 0.0424. The lowest BCUT2D eigenvalue weighted by molar-refractivity contribution is -0.157. The number of rotatable bonds is 1. The van der Waals surface area contributed by atoms with Gasteiger partial charge in [0.1, 0.15) is 11.7 Å². The van der Waals surface area contributed by atoms with Gasteiger partial charge in [-0.3, -0.25) is 9.59 Å². The molecule has 0 unspecified atom stereocenters. The Hall–Kier alpha value is -3.55. The van der Waals surface area contributed by atoms with E-state index in [1.807, 2.05) is 30.3 Å². The van der Waals surface area contributed by atoms with E-state index in [9.17, 15) is 9.59 Å². The fraction of sp³-hybridized carbons (Fsp3) is 0.286. The van der Waals surface area contributed by atoms with E-state index >= 15 is 0 Å². The van der Waals surface area contributed by atoms with Crippen molar-refractivity contribution in [2.24, 2.45) is 0 Å². The topological polar surface area (TPSA) is 87.8 Å². The molecule has 0 bridgehead atoms. The maximum absolute atomic E-state index is 13.1. The number of H-pyrrole nitrogens is 1. The van der Waals surface area contributed by atoms with Crippen molar-refractivity contribution in [1.82, 2.24) is 19.8 Å². The summed E-state index contributed by atoms with van der Waals surface area (Å²) in [6.07, 6.45) is 2.20. The molecule has 8 nitrogen and oxygen atoms in total. The molecule has 6 rings (SSSR count). The second-order valence-electron chi connectivity index (χ2n) is 7.65. The second kappa shape index (κ2) is 5.73. The Labute approximate surface area is 166 Å². The van der Waals surface area contributed by atoms with Crippen molar-refractivity contribution in [2.75, 3.05) is 20.4 Å². The number of fused-ring (bicyclic) bond motifs is 5. The van der Waals surface area contributed by atoms with Crippen LogP contribution in [0.4, 0.5) is 0 Å². The van der Waals surface area contributed by atoms with Gasteiger partial charge < -0.3 is 24.3 Å². The first-order chi connectivity index (χ1) is 14.1. The Balaban J connectivity index is 1.59. The Morgan fingerprint density at radius 2 is 2.03 bits per heavy atom. The van der Waals surface area contributed by atoms with Crippen molar-refractivity contribution in [1.29, 1.82) is 0 Å². The molecule has 1 N–H and O–H groups in total. The van der Waals surface area contributed by atoms with Gasteiger partial charge in [-0.25, -0.2) is 4.98 Å². The van der Waals surface area contributed by atoms with Crippen molar-refractivity contribution in [2.45, 2.75) is 18.5 Å². The first-order valence-electron chi connectivity index (χ1n) is 9.53. The summed E-state index contributed by atoms with van der Waals surface area (Å²) in [7, 11) is 1.68. The third-order valence-corrected chi connectivity index (χ3v) is 6.03. The lowest BCUT2D eigenvalue weighted by atomic mass is 9.86. The quantitative estimate of drug-likeness (QED) is 0.682. The molecule has 5 heterocycles. The van der Waals surface area contributed by atoms with Crippen LogP contribution in [0.25, 0.3) is 11.0 Å². The third kappa shape index (κ3) is 2.22. The van der Waals surface area contributed by atoms with E-state index in [0.717, 1.165) is 27.9 Å². The van der Waals surface area contributed by atoms with Gasteiger partial charge in [0.25, 0.3) is 0 Å². The van der Waals surface area contributed by atoms with Crippen molar-refractivity contribution >= 4 is 22.8 Å². The van der Waals surface area contributed by atoms with E-state index in [1.165, 1.54) is 4.90 Å². The molecular formula is C21H18N4O4. The van der Waals surface area contributed by atoms with Gasteiger partial charge in [0.05, 0.1) is 12.6 Å². The maximum Gasteiger partial charge on any atom is 0.245 e. The van der Waals surface area contributed by atoms with Crippen LogP contribution in [0.5, 0.6) is 11.5 Å². The van der Waals surface area contributed by atoms with Crippen LogP contribution in [0, 0.1) is 0 Å². The summed E-state index contributed by atoms with van der Waals surface area (Å²) in [5, 5.41) is 0.987. The number of benzene rings is 1. The Morgan fingerprint density at radius 3 is 2.93 bits per heavy atom. The molecule has 2 aromatic heterocycles. The third-order valence-electron chi connectivity index (χ3n) is 6.03. The first kappa shape index (κ1) is 16.4. The zero-order valence-electron chi connectivity index (χ0n) is 15.7. The number of hydrogen-bond donors (Lipinski definition) is 1. The number of aromatic amines is 1. The Bertz CT molecular complexity index is 1190. The highest BCUT2D eigenvalue weighted by atomic mass is 16.7. The number of nitrogens with zero attached hydrogens (tertiary/aromatic N) is 3. The Kier molecular flexibility index (Phi) is 3.24. The average molecular weight is 390 g/mol. The second-order valence-corrected chi connectivity index (χ2v) is 7.65. The maximum atomic E-state index is 13.1. The number of ether oxygens (including phenoxy) is 2. The summed E-state index contributed by atoms with van der Waals surface area (Å²) < 4.78 is 11.0. The predicted octanol–water partition coefficient (Wildman–Crippen LogP) is 1.61. The minimum Gasteiger partial charge on any atom is -0.454 e. The number of likely N-dealkylation sites (N-methyl/N-ethyl adjacent to an activating group) is 1. The lowest BCUT2D eigenvalue weighted by Gasteiger charge is -2.46. The van der Waals surface area contributed by atoms with Crippen LogP contribution in [0.3, 0.4) is 0 Å². The number of piperazine rings is 1. The molecule has 3 aliphatic heterocycles. The predicted molar refractivity (Wildman–Crippen MR) is 102 cm³/mol. The van der Waals surface area contributed by atoms with Crippen LogP contribution in [0.2, 0.25) is 0 Å². The summed E-state index contributed by atoms with van der Waals surface area (Å²) in [4.78, 5) is 37.2. The molecule has 2 atom stereocenters. The van der Waals surface area contributed by atoms with Crippen molar-refractivity contribution in [3.05, 3.63) is 53.3 Å². The number of nitrogens with one attached hydrogen (secondary N) is 1. The van der Waals surface area contributed by atoms with E-state index in [4.69, 9.17) is 9.47 Å². The zero-order chi connectivity index (χ0) is 19.7. The van der Waals surface area contributed by atoms with E-state index < -0.39 is 12.1 Å². The average Bonchev–Trinajstić information content (AvgIpc) is 3.34. The largest absolute Gasteiger partial charge is 0.454 e. The SMILES string of the molecule is CN1CC(=O)N2[C@H](c3ccc4c(c3)OCO4)c3[nH]c4ncccc4c3C[C@@H]2C1=O. The molecule has 0 radical (unpaired) electrons. The van der Waals surface area contributed by atoms with Gasteiger partial charge in [-0.15, -0.1) is 0 Å². The van der Waals surface area contributed by atoms with Crippen molar-refractivity contribution in [3.63, 3.8) is 0 Å². The highest BCUT2D eigenvalue weighted by Gasteiger charge is 2.47. The van der Waals surface area contributed by atoms with E-state index in [1.54, 1.807) is 18.1 Å². The molecule has 8 heteroatoms. The summed E-state index contributed by atoms with van der Waals surface area (Å²) in [5.74, 6) is 1.21.